The van der Waals surface area contributed by atoms with Gasteiger partial charge in [-0.15, -0.1) is 0 Å². The molecule has 0 saturated heterocycles. The fraction of sp³-hybridized carbons (Fsp3) is 0.333. The largest absolute Gasteiger partial charge is 0.495 e. The minimum absolute atomic E-state index is 0.165. The molecule has 0 bridgehead atoms. The van der Waals surface area contributed by atoms with E-state index in [2.05, 4.69) is 5.32 Å². The summed E-state index contributed by atoms with van der Waals surface area (Å²) in [5.74, 6) is 0.153. The molecule has 1 amide bonds. The lowest BCUT2D eigenvalue weighted by molar-refractivity contribution is -0.924. The van der Waals surface area contributed by atoms with E-state index in [0.717, 1.165) is 21.6 Å². The van der Waals surface area contributed by atoms with Gasteiger partial charge in [-0.2, -0.15) is 0 Å². The molecule has 142 valence electrons. The van der Waals surface area contributed by atoms with E-state index in [0.29, 0.717) is 24.4 Å². The van der Waals surface area contributed by atoms with E-state index < -0.39 is 6.04 Å². The van der Waals surface area contributed by atoms with Gasteiger partial charge >= 0.3 is 5.97 Å². The number of methoxy groups -OCH3 is 2. The van der Waals surface area contributed by atoms with Crippen LogP contribution in [0.15, 0.2) is 42.5 Å². The van der Waals surface area contributed by atoms with Crippen molar-refractivity contribution in [2.75, 3.05) is 26.1 Å². The van der Waals surface area contributed by atoms with Crippen LogP contribution in [0, 0.1) is 6.92 Å². The van der Waals surface area contributed by atoms with E-state index in [9.17, 15) is 9.59 Å². The summed E-state index contributed by atoms with van der Waals surface area (Å²) in [4.78, 5) is 25.8. The second-order valence-electron chi connectivity index (χ2n) is 6.81. The van der Waals surface area contributed by atoms with Gasteiger partial charge in [0.25, 0.3) is 5.91 Å². The molecule has 6 nitrogen and oxygen atoms in total. The maximum atomic E-state index is 12.7. The summed E-state index contributed by atoms with van der Waals surface area (Å²) in [6.45, 7) is 2.73. The SMILES string of the molecule is COC(=O)[C@@H]1Cc2ccccc2C[NH+]1CC(=O)Nc1cc(C)ccc1OC. The maximum absolute atomic E-state index is 12.7. The molecule has 0 aliphatic carbocycles. The lowest BCUT2D eigenvalue weighted by Crippen LogP contribution is -3.17. The van der Waals surface area contributed by atoms with Gasteiger partial charge in [0.2, 0.25) is 0 Å². The van der Waals surface area contributed by atoms with Crippen molar-refractivity contribution in [2.45, 2.75) is 25.9 Å². The van der Waals surface area contributed by atoms with Crippen molar-refractivity contribution in [1.29, 1.82) is 0 Å². The molecule has 3 rings (SSSR count). The average Bonchev–Trinajstić information content (AvgIpc) is 2.67. The molecular formula is C21H25N2O4+. The minimum Gasteiger partial charge on any atom is -0.495 e. The van der Waals surface area contributed by atoms with Crippen LogP contribution in [0.4, 0.5) is 5.69 Å². The van der Waals surface area contributed by atoms with E-state index in [-0.39, 0.29) is 18.4 Å². The summed E-state index contributed by atoms with van der Waals surface area (Å²) in [6.07, 6.45) is 0.569. The third kappa shape index (κ3) is 4.28. The third-order valence-electron chi connectivity index (χ3n) is 4.96. The summed E-state index contributed by atoms with van der Waals surface area (Å²) in [5, 5.41) is 2.91. The normalized spacial score (nSPS) is 18.3. The Morgan fingerprint density at radius 2 is 1.89 bits per heavy atom. The molecule has 0 saturated carbocycles. The molecule has 0 fully saturated rings. The molecule has 1 heterocycles. The number of esters is 1. The highest BCUT2D eigenvalue weighted by Crippen LogP contribution is 2.25. The second-order valence-corrected chi connectivity index (χ2v) is 6.81. The molecule has 0 aromatic heterocycles. The number of rotatable bonds is 5. The van der Waals surface area contributed by atoms with Crippen LogP contribution in [0.1, 0.15) is 16.7 Å². The van der Waals surface area contributed by atoms with Gasteiger partial charge in [-0.3, -0.25) is 4.79 Å². The summed E-state index contributed by atoms with van der Waals surface area (Å²) in [6, 6.07) is 13.2. The number of hydrogen-bond acceptors (Lipinski definition) is 4. The number of quaternary nitrogens is 1. The van der Waals surface area contributed by atoms with Gasteiger partial charge in [-0.05, 0) is 30.2 Å². The number of aryl methyl sites for hydroxylation is 1. The molecule has 2 aromatic carbocycles. The maximum Gasteiger partial charge on any atom is 0.365 e. The van der Waals surface area contributed by atoms with Gasteiger partial charge in [0.1, 0.15) is 12.3 Å². The molecule has 6 heteroatoms. The van der Waals surface area contributed by atoms with Crippen LogP contribution in [0.25, 0.3) is 0 Å². The van der Waals surface area contributed by atoms with Crippen LogP contribution in [-0.2, 0) is 27.3 Å². The highest BCUT2D eigenvalue weighted by molar-refractivity contribution is 5.93. The van der Waals surface area contributed by atoms with E-state index in [4.69, 9.17) is 9.47 Å². The molecule has 27 heavy (non-hydrogen) atoms. The van der Waals surface area contributed by atoms with Gasteiger partial charge in [0.15, 0.2) is 12.6 Å². The number of carbonyl (C=O) groups excluding carboxylic acids is 2. The lowest BCUT2D eigenvalue weighted by Gasteiger charge is -2.31. The van der Waals surface area contributed by atoms with Crippen LogP contribution in [-0.4, -0.2) is 38.7 Å². The van der Waals surface area contributed by atoms with Crippen LogP contribution in [0.2, 0.25) is 0 Å². The summed E-state index contributed by atoms with van der Waals surface area (Å²) in [5.41, 5.74) is 3.96. The molecule has 0 spiro atoms. The smallest absolute Gasteiger partial charge is 0.365 e. The Morgan fingerprint density at radius 1 is 1.15 bits per heavy atom. The van der Waals surface area contributed by atoms with Crippen molar-refractivity contribution in [3.8, 4) is 5.75 Å². The fourth-order valence-corrected chi connectivity index (χ4v) is 3.56. The first-order valence-corrected chi connectivity index (χ1v) is 8.95. The quantitative estimate of drug-likeness (QED) is 0.775. The average molecular weight is 369 g/mol. The monoisotopic (exact) mass is 369 g/mol. The first kappa shape index (κ1) is 18.9. The summed E-state index contributed by atoms with van der Waals surface area (Å²) >= 11 is 0. The van der Waals surface area contributed by atoms with Gasteiger partial charge < -0.3 is 19.7 Å². The van der Waals surface area contributed by atoms with Gasteiger partial charge in [0.05, 0.1) is 19.9 Å². The van der Waals surface area contributed by atoms with Gasteiger partial charge in [0, 0.05) is 12.0 Å². The number of hydrogen-bond donors (Lipinski definition) is 2. The van der Waals surface area contributed by atoms with E-state index in [1.807, 2.05) is 49.4 Å². The zero-order valence-electron chi connectivity index (χ0n) is 15.9. The Bertz CT molecular complexity index is 850. The standard InChI is InChI=1S/C21H24N2O4/c1-14-8-9-19(26-2)17(10-14)22-20(24)13-23-12-16-7-5-4-6-15(16)11-18(23)21(25)27-3/h4-10,18H,11-13H2,1-3H3,(H,22,24)/p+1/t18-/m0/s1. The summed E-state index contributed by atoms with van der Waals surface area (Å²) in [7, 11) is 2.96. The third-order valence-corrected chi connectivity index (χ3v) is 4.96. The molecule has 0 radical (unpaired) electrons. The minimum atomic E-state index is -0.393. The zero-order valence-corrected chi connectivity index (χ0v) is 15.9. The number of carbonyl (C=O) groups is 2. The predicted molar refractivity (Wildman–Crippen MR) is 102 cm³/mol. The highest BCUT2D eigenvalue weighted by atomic mass is 16.5. The van der Waals surface area contributed by atoms with E-state index >= 15 is 0 Å². The molecule has 1 aliphatic heterocycles. The van der Waals surface area contributed by atoms with Crippen molar-refractivity contribution < 1.29 is 24.0 Å². The Labute approximate surface area is 159 Å². The van der Waals surface area contributed by atoms with Crippen LogP contribution in [0.3, 0.4) is 0 Å². The highest BCUT2D eigenvalue weighted by Gasteiger charge is 2.37. The number of benzene rings is 2. The lowest BCUT2D eigenvalue weighted by atomic mass is 9.94. The van der Waals surface area contributed by atoms with Crippen molar-refractivity contribution in [2.24, 2.45) is 0 Å². The Kier molecular flexibility index (Phi) is 5.76. The van der Waals surface area contributed by atoms with Crippen LogP contribution in [0.5, 0.6) is 5.75 Å². The van der Waals surface area contributed by atoms with Crippen molar-refractivity contribution in [3.05, 3.63) is 59.2 Å². The van der Waals surface area contributed by atoms with Crippen molar-refractivity contribution >= 4 is 17.6 Å². The summed E-state index contributed by atoms with van der Waals surface area (Å²) < 4.78 is 10.3. The second kappa shape index (κ2) is 8.22. The first-order valence-electron chi connectivity index (χ1n) is 8.95. The van der Waals surface area contributed by atoms with Gasteiger partial charge in [-0.1, -0.05) is 30.3 Å². The number of amides is 1. The molecule has 2 N–H and O–H groups in total. The Morgan fingerprint density at radius 3 is 2.59 bits per heavy atom. The number of nitrogens with one attached hydrogen (secondary N) is 2. The van der Waals surface area contributed by atoms with Crippen molar-refractivity contribution in [3.63, 3.8) is 0 Å². The fourth-order valence-electron chi connectivity index (χ4n) is 3.56. The molecule has 2 aromatic rings. The van der Waals surface area contributed by atoms with Crippen LogP contribution < -0.4 is 15.0 Å². The number of ether oxygens (including phenoxy) is 2. The zero-order chi connectivity index (χ0) is 19.4. The predicted octanol–water partition coefficient (Wildman–Crippen LogP) is 1.12. The molecule has 2 atom stereocenters. The molecule has 1 aliphatic rings. The Balaban J connectivity index is 1.77. The topological polar surface area (TPSA) is 69.1 Å². The number of fused-ring (bicyclic) bond motifs is 1. The van der Waals surface area contributed by atoms with Crippen LogP contribution >= 0.6 is 0 Å². The van der Waals surface area contributed by atoms with E-state index in [1.54, 1.807) is 7.11 Å². The molecule has 1 unspecified atom stereocenters. The van der Waals surface area contributed by atoms with E-state index in [1.165, 1.54) is 7.11 Å². The number of anilines is 1. The molecular weight excluding hydrogens is 344 g/mol. The Hall–Kier alpha value is -2.86. The van der Waals surface area contributed by atoms with Gasteiger partial charge in [-0.25, -0.2) is 4.79 Å². The van der Waals surface area contributed by atoms with Crippen molar-refractivity contribution in [1.82, 2.24) is 0 Å². The first-order chi connectivity index (χ1) is 13.0.